The van der Waals surface area contributed by atoms with Gasteiger partial charge in [-0.25, -0.2) is 4.79 Å². The zero-order valence-electron chi connectivity index (χ0n) is 13.3. The van der Waals surface area contributed by atoms with Crippen molar-refractivity contribution in [2.45, 2.75) is 24.8 Å². The monoisotopic (exact) mass is 327 g/mol. The highest BCUT2D eigenvalue weighted by Gasteiger charge is 2.32. The number of carbonyl (C=O) groups is 2. The number of carbonyl (C=O) groups excluding carboxylic acids is 2. The van der Waals surface area contributed by atoms with Gasteiger partial charge >= 0.3 is 6.03 Å². The van der Waals surface area contributed by atoms with Crippen molar-refractivity contribution in [3.63, 3.8) is 0 Å². The second-order valence-electron chi connectivity index (χ2n) is 5.99. The van der Waals surface area contributed by atoms with Crippen LogP contribution < -0.4 is 11.1 Å². The molecule has 0 radical (unpaired) electrons. The van der Waals surface area contributed by atoms with E-state index in [1.165, 1.54) is 0 Å². The molecule has 1 aliphatic rings. The van der Waals surface area contributed by atoms with Gasteiger partial charge in [-0.05, 0) is 37.6 Å². The maximum absolute atomic E-state index is 12.5. The molecular formula is C17H21N5O2. The molecule has 0 aliphatic carbocycles. The van der Waals surface area contributed by atoms with E-state index in [2.05, 4.69) is 20.4 Å². The normalized spacial score (nSPS) is 17.3. The first-order chi connectivity index (χ1) is 11.6. The number of hydrogen-bond donors (Lipinski definition) is 3. The minimum absolute atomic E-state index is 0.381. The topological polar surface area (TPSA) is 104 Å². The summed E-state index contributed by atoms with van der Waals surface area (Å²) in [4.78, 5) is 25.7. The van der Waals surface area contributed by atoms with E-state index in [0.29, 0.717) is 5.92 Å². The number of aromatic nitrogens is 2. The van der Waals surface area contributed by atoms with Crippen LogP contribution in [0.25, 0.3) is 0 Å². The second-order valence-corrected chi connectivity index (χ2v) is 5.99. The molecule has 2 heterocycles. The van der Waals surface area contributed by atoms with Gasteiger partial charge in [0.15, 0.2) is 0 Å². The zero-order chi connectivity index (χ0) is 16.9. The van der Waals surface area contributed by atoms with Crippen LogP contribution in [0.3, 0.4) is 0 Å². The summed E-state index contributed by atoms with van der Waals surface area (Å²) in [6.07, 6.45) is 3.61. The molecule has 3 amide bonds. The van der Waals surface area contributed by atoms with Gasteiger partial charge in [-0.2, -0.15) is 5.10 Å². The number of benzene rings is 1. The first-order valence-electron chi connectivity index (χ1n) is 8.03. The van der Waals surface area contributed by atoms with Crippen molar-refractivity contribution in [1.82, 2.24) is 20.4 Å². The van der Waals surface area contributed by atoms with E-state index in [-0.39, 0.29) is 5.91 Å². The third-order valence-electron chi connectivity index (χ3n) is 4.47. The lowest BCUT2D eigenvalue weighted by atomic mass is 9.91. The Bertz CT molecular complexity index is 678. The van der Waals surface area contributed by atoms with Crippen LogP contribution in [0, 0.1) is 0 Å². The summed E-state index contributed by atoms with van der Waals surface area (Å²) in [6.45, 7) is 1.52. The van der Waals surface area contributed by atoms with E-state index in [1.54, 1.807) is 6.20 Å². The fourth-order valence-electron chi connectivity index (χ4n) is 3.32. The number of hydrogen-bond acceptors (Lipinski definition) is 4. The molecule has 7 heteroatoms. The molecule has 0 bridgehead atoms. The van der Waals surface area contributed by atoms with Crippen molar-refractivity contribution < 1.29 is 9.59 Å². The fraction of sp³-hybridized carbons (Fsp3) is 0.353. The highest BCUT2D eigenvalue weighted by Crippen LogP contribution is 2.31. The Labute approximate surface area is 140 Å². The lowest BCUT2D eigenvalue weighted by Gasteiger charge is -2.36. The third-order valence-corrected chi connectivity index (χ3v) is 4.47. The average molecular weight is 327 g/mol. The van der Waals surface area contributed by atoms with E-state index in [0.717, 1.165) is 37.2 Å². The number of likely N-dealkylation sites (tertiary alicyclic amines) is 1. The molecule has 0 spiro atoms. The van der Waals surface area contributed by atoms with Crippen molar-refractivity contribution in [1.29, 1.82) is 0 Å². The zero-order valence-corrected chi connectivity index (χ0v) is 13.3. The van der Waals surface area contributed by atoms with Crippen LogP contribution in [0.15, 0.2) is 42.6 Å². The number of nitrogens with zero attached hydrogens (tertiary/aromatic N) is 2. The van der Waals surface area contributed by atoms with Gasteiger partial charge in [0.2, 0.25) is 5.91 Å². The van der Waals surface area contributed by atoms with Crippen LogP contribution >= 0.6 is 0 Å². The van der Waals surface area contributed by atoms with E-state index in [1.807, 2.05) is 36.4 Å². The minimum atomic E-state index is -0.826. The van der Waals surface area contributed by atoms with E-state index in [9.17, 15) is 9.59 Å². The quantitative estimate of drug-likeness (QED) is 0.792. The van der Waals surface area contributed by atoms with Crippen LogP contribution in [-0.4, -0.2) is 40.1 Å². The van der Waals surface area contributed by atoms with Crippen LogP contribution in [0.1, 0.15) is 36.1 Å². The van der Waals surface area contributed by atoms with Gasteiger partial charge in [-0.3, -0.25) is 20.1 Å². The number of urea groups is 1. The van der Waals surface area contributed by atoms with Gasteiger partial charge < -0.3 is 5.73 Å². The predicted molar refractivity (Wildman–Crippen MR) is 89.0 cm³/mol. The third kappa shape index (κ3) is 3.62. The van der Waals surface area contributed by atoms with Gasteiger partial charge in [-0.1, -0.05) is 30.3 Å². The van der Waals surface area contributed by atoms with Gasteiger partial charge in [0, 0.05) is 17.8 Å². The van der Waals surface area contributed by atoms with Crippen LogP contribution in [0.4, 0.5) is 4.79 Å². The lowest BCUT2D eigenvalue weighted by molar-refractivity contribution is -0.126. The molecular weight excluding hydrogens is 306 g/mol. The molecule has 3 rings (SSSR count). The molecule has 4 N–H and O–H groups in total. The summed E-state index contributed by atoms with van der Waals surface area (Å²) in [5.74, 6) is 0.0352. The van der Waals surface area contributed by atoms with Gasteiger partial charge in [0.1, 0.15) is 6.04 Å². The predicted octanol–water partition coefficient (Wildman–Crippen LogP) is 1.53. The number of nitrogens with two attached hydrogens (primary N) is 1. The molecule has 1 atom stereocenters. The molecule has 1 aliphatic heterocycles. The Morgan fingerprint density at radius 3 is 2.50 bits per heavy atom. The van der Waals surface area contributed by atoms with Crippen LogP contribution in [0.5, 0.6) is 0 Å². The molecule has 7 nitrogen and oxygen atoms in total. The Kier molecular flexibility index (Phi) is 4.90. The molecule has 1 saturated heterocycles. The smallest absolute Gasteiger partial charge is 0.318 e. The molecule has 1 aromatic heterocycles. The molecule has 1 aromatic carbocycles. The summed E-state index contributed by atoms with van der Waals surface area (Å²) in [5.41, 5.74) is 7.11. The van der Waals surface area contributed by atoms with Crippen LogP contribution in [0.2, 0.25) is 0 Å². The summed E-state index contributed by atoms with van der Waals surface area (Å²) >= 11 is 0. The number of H-pyrrole nitrogens is 1. The average Bonchev–Trinajstić information content (AvgIpc) is 3.10. The number of imide groups is 1. The number of piperidine rings is 1. The number of aromatic amines is 1. The maximum atomic E-state index is 12.5. The Morgan fingerprint density at radius 1 is 1.21 bits per heavy atom. The van der Waals surface area contributed by atoms with Crippen molar-refractivity contribution in [3.8, 4) is 0 Å². The molecule has 24 heavy (non-hydrogen) atoms. The molecule has 1 fully saturated rings. The lowest BCUT2D eigenvalue weighted by Crippen LogP contribution is -2.46. The van der Waals surface area contributed by atoms with Crippen molar-refractivity contribution in [2.24, 2.45) is 5.73 Å². The summed E-state index contributed by atoms with van der Waals surface area (Å²) in [7, 11) is 0. The standard InChI is InChI=1S/C17H21N5O2/c18-17(24)20-16(23)15(13-4-2-1-3-5-13)22-10-7-12(8-11-22)14-6-9-19-21-14/h1-6,9,12,15H,7-8,10-11H2,(H,19,21)(H3,18,20,23,24)/t15-/m1/s1. The minimum Gasteiger partial charge on any atom is -0.351 e. The summed E-state index contributed by atoms with van der Waals surface area (Å²) in [5, 5.41) is 9.25. The van der Waals surface area contributed by atoms with Crippen molar-refractivity contribution in [3.05, 3.63) is 53.9 Å². The largest absolute Gasteiger partial charge is 0.351 e. The number of nitrogens with one attached hydrogen (secondary N) is 2. The summed E-state index contributed by atoms with van der Waals surface area (Å²) < 4.78 is 0. The van der Waals surface area contributed by atoms with E-state index < -0.39 is 12.1 Å². The molecule has 126 valence electrons. The highest BCUT2D eigenvalue weighted by atomic mass is 16.2. The van der Waals surface area contributed by atoms with E-state index >= 15 is 0 Å². The molecule has 0 unspecified atom stereocenters. The van der Waals surface area contributed by atoms with Gasteiger partial charge in [-0.15, -0.1) is 0 Å². The summed E-state index contributed by atoms with van der Waals surface area (Å²) in [6, 6.07) is 10.1. The second kappa shape index (κ2) is 7.27. The number of primary amides is 1. The van der Waals surface area contributed by atoms with Crippen LogP contribution in [-0.2, 0) is 4.79 Å². The van der Waals surface area contributed by atoms with Gasteiger partial charge in [0.25, 0.3) is 0 Å². The Morgan fingerprint density at radius 2 is 1.92 bits per heavy atom. The maximum Gasteiger partial charge on any atom is 0.318 e. The first kappa shape index (κ1) is 16.2. The number of rotatable bonds is 4. The fourth-order valence-corrected chi connectivity index (χ4v) is 3.32. The molecule has 2 aromatic rings. The van der Waals surface area contributed by atoms with E-state index in [4.69, 9.17) is 5.73 Å². The Balaban J connectivity index is 1.74. The van der Waals surface area contributed by atoms with Gasteiger partial charge in [0.05, 0.1) is 0 Å². The SMILES string of the molecule is NC(=O)NC(=O)[C@@H](c1ccccc1)N1CCC(c2ccn[nH]2)CC1. The molecule has 0 saturated carbocycles. The van der Waals surface area contributed by atoms with Crippen molar-refractivity contribution in [2.75, 3.05) is 13.1 Å². The first-order valence-corrected chi connectivity index (χ1v) is 8.03. The number of amides is 3. The Hall–Kier alpha value is -2.67. The van der Waals surface area contributed by atoms with Crippen molar-refractivity contribution >= 4 is 11.9 Å². The highest BCUT2D eigenvalue weighted by molar-refractivity contribution is 5.96.